The average molecular weight is 443 g/mol. The minimum atomic E-state index is -2.64. The van der Waals surface area contributed by atoms with E-state index in [2.05, 4.69) is 10.00 Å². The van der Waals surface area contributed by atoms with Gasteiger partial charge >= 0.3 is 0 Å². The molecule has 0 bridgehead atoms. The lowest BCUT2D eigenvalue weighted by Gasteiger charge is -2.35. The third-order valence-electron chi connectivity index (χ3n) is 5.50. The Balaban J connectivity index is 1.35. The lowest BCUT2D eigenvalue weighted by molar-refractivity contribution is -0.134. The molecule has 2 fully saturated rings. The Morgan fingerprint density at radius 3 is 2.38 bits per heavy atom. The van der Waals surface area contributed by atoms with Crippen LogP contribution in [0.3, 0.4) is 0 Å². The number of hydrogen-bond donors (Lipinski definition) is 0. The van der Waals surface area contributed by atoms with Crippen molar-refractivity contribution in [3.05, 3.63) is 51.3 Å². The Morgan fingerprint density at radius 2 is 1.79 bits per heavy atom. The third-order valence-corrected chi connectivity index (χ3v) is 6.21. The van der Waals surface area contributed by atoms with E-state index >= 15 is 0 Å². The summed E-state index contributed by atoms with van der Waals surface area (Å²) in [5.74, 6) is 0.0804. The highest BCUT2D eigenvalue weighted by atomic mass is 35.5. The summed E-state index contributed by atoms with van der Waals surface area (Å²) >= 11 is 12.5. The number of carbonyl (C=O) groups is 1. The Labute approximate surface area is 178 Å². The van der Waals surface area contributed by atoms with Crippen molar-refractivity contribution in [1.82, 2.24) is 19.6 Å². The van der Waals surface area contributed by atoms with Crippen molar-refractivity contribution in [2.24, 2.45) is 0 Å². The van der Waals surface area contributed by atoms with Gasteiger partial charge < -0.3 is 4.90 Å². The van der Waals surface area contributed by atoms with Gasteiger partial charge in [0.1, 0.15) is 12.2 Å². The monoisotopic (exact) mass is 442 g/mol. The smallest absolute Gasteiger partial charge is 0.280 e. The van der Waals surface area contributed by atoms with E-state index in [1.165, 1.54) is 10.7 Å². The van der Waals surface area contributed by atoms with Gasteiger partial charge in [0.05, 0.1) is 5.69 Å². The summed E-state index contributed by atoms with van der Waals surface area (Å²) in [4.78, 5) is 16.6. The van der Waals surface area contributed by atoms with Crippen LogP contribution in [0.5, 0.6) is 0 Å². The number of hydrogen-bond acceptors (Lipinski definition) is 3. The van der Waals surface area contributed by atoms with Gasteiger partial charge in [-0.2, -0.15) is 5.10 Å². The molecular weight excluding hydrogens is 421 g/mol. The van der Waals surface area contributed by atoms with E-state index in [1.54, 1.807) is 4.90 Å². The molecule has 156 valence electrons. The predicted molar refractivity (Wildman–Crippen MR) is 107 cm³/mol. The van der Waals surface area contributed by atoms with E-state index < -0.39 is 6.43 Å². The average Bonchev–Trinajstić information content (AvgIpc) is 3.46. The summed E-state index contributed by atoms with van der Waals surface area (Å²) in [5, 5.41) is 5.52. The molecular formula is C20H22Cl2F2N4O. The first-order valence-corrected chi connectivity index (χ1v) is 10.5. The minimum Gasteiger partial charge on any atom is -0.339 e. The molecule has 2 aromatic rings. The van der Waals surface area contributed by atoms with E-state index in [9.17, 15) is 13.6 Å². The number of amides is 1. The zero-order valence-electron chi connectivity index (χ0n) is 15.8. The molecule has 0 spiro atoms. The number of piperazine rings is 1. The van der Waals surface area contributed by atoms with Crippen LogP contribution >= 0.6 is 23.2 Å². The van der Waals surface area contributed by atoms with Gasteiger partial charge in [-0.15, -0.1) is 0 Å². The zero-order chi connectivity index (χ0) is 20.5. The molecule has 4 rings (SSSR count). The maximum absolute atomic E-state index is 13.3. The molecule has 1 amide bonds. The number of alkyl halides is 2. The molecule has 9 heteroatoms. The summed E-state index contributed by atoms with van der Waals surface area (Å²) < 4.78 is 27.8. The van der Waals surface area contributed by atoms with Crippen LogP contribution in [0.15, 0.2) is 24.3 Å². The molecule has 1 aromatic carbocycles. The van der Waals surface area contributed by atoms with E-state index in [4.69, 9.17) is 23.2 Å². The molecule has 0 atom stereocenters. The molecule has 1 aliphatic heterocycles. The van der Waals surface area contributed by atoms with Crippen molar-refractivity contribution >= 4 is 29.1 Å². The van der Waals surface area contributed by atoms with Gasteiger partial charge in [0.25, 0.3) is 6.43 Å². The fraction of sp³-hybridized carbons (Fsp3) is 0.500. The second-order valence-corrected chi connectivity index (χ2v) is 8.40. The van der Waals surface area contributed by atoms with Crippen LogP contribution in [0.2, 0.25) is 10.0 Å². The van der Waals surface area contributed by atoms with Crippen molar-refractivity contribution in [2.75, 3.05) is 26.2 Å². The quantitative estimate of drug-likeness (QED) is 0.667. The third kappa shape index (κ3) is 4.73. The van der Waals surface area contributed by atoms with Gasteiger partial charge in [-0.05, 0) is 31.0 Å². The van der Waals surface area contributed by atoms with Crippen LogP contribution in [0.4, 0.5) is 8.78 Å². The van der Waals surface area contributed by atoms with E-state index in [0.717, 1.165) is 18.4 Å². The molecule has 1 saturated heterocycles. The summed E-state index contributed by atoms with van der Waals surface area (Å²) in [6.45, 7) is 2.86. The highest BCUT2D eigenvalue weighted by Gasteiger charge is 2.30. The molecule has 1 saturated carbocycles. The highest BCUT2D eigenvalue weighted by Crippen LogP contribution is 2.40. The fourth-order valence-corrected chi connectivity index (χ4v) is 4.14. The number of nitrogens with zero attached hydrogens (tertiary/aromatic N) is 4. The molecule has 1 aromatic heterocycles. The number of carbonyl (C=O) groups excluding carboxylic acids is 1. The molecule has 0 N–H and O–H groups in total. The number of halogens is 4. The molecule has 2 heterocycles. The van der Waals surface area contributed by atoms with Gasteiger partial charge in [0, 0.05) is 54.3 Å². The van der Waals surface area contributed by atoms with Gasteiger partial charge in [-0.25, -0.2) is 8.78 Å². The molecule has 1 aliphatic carbocycles. The van der Waals surface area contributed by atoms with Crippen LogP contribution in [0.25, 0.3) is 0 Å². The summed E-state index contributed by atoms with van der Waals surface area (Å²) in [5.41, 5.74) is 1.38. The van der Waals surface area contributed by atoms with Crippen LogP contribution in [0, 0.1) is 0 Å². The largest absolute Gasteiger partial charge is 0.339 e. The normalized spacial score (nSPS) is 17.9. The van der Waals surface area contributed by atoms with E-state index in [0.29, 0.717) is 48.5 Å². The van der Waals surface area contributed by atoms with Crippen LogP contribution in [-0.2, 0) is 17.9 Å². The van der Waals surface area contributed by atoms with E-state index in [1.807, 2.05) is 18.2 Å². The van der Waals surface area contributed by atoms with Gasteiger partial charge in [-0.1, -0.05) is 29.3 Å². The van der Waals surface area contributed by atoms with Crippen LogP contribution in [-0.4, -0.2) is 51.7 Å². The molecule has 0 unspecified atom stereocenters. The Morgan fingerprint density at radius 1 is 1.14 bits per heavy atom. The van der Waals surface area contributed by atoms with Gasteiger partial charge in [-0.3, -0.25) is 14.4 Å². The Kier molecular flexibility index (Phi) is 6.08. The first kappa shape index (κ1) is 20.6. The van der Waals surface area contributed by atoms with Crippen molar-refractivity contribution in [1.29, 1.82) is 0 Å². The van der Waals surface area contributed by atoms with Crippen molar-refractivity contribution in [2.45, 2.75) is 38.3 Å². The highest BCUT2D eigenvalue weighted by molar-refractivity contribution is 6.35. The second-order valence-electron chi connectivity index (χ2n) is 7.58. The molecule has 29 heavy (non-hydrogen) atoms. The van der Waals surface area contributed by atoms with Crippen LogP contribution in [0.1, 0.15) is 42.1 Å². The lowest BCUT2D eigenvalue weighted by atomic mass is 10.2. The number of rotatable bonds is 6. The lowest BCUT2D eigenvalue weighted by Crippen LogP contribution is -2.49. The first-order valence-electron chi connectivity index (χ1n) is 9.71. The van der Waals surface area contributed by atoms with Crippen molar-refractivity contribution in [3.8, 4) is 0 Å². The molecule has 0 radical (unpaired) electrons. The predicted octanol–water partition coefficient (Wildman–Crippen LogP) is 4.35. The maximum Gasteiger partial charge on any atom is 0.280 e. The molecule has 2 aliphatic rings. The minimum absolute atomic E-state index is 0.150. The summed E-state index contributed by atoms with van der Waals surface area (Å²) in [6, 6.07) is 6.87. The van der Waals surface area contributed by atoms with Crippen molar-refractivity contribution < 1.29 is 13.6 Å². The number of aromatic nitrogens is 2. The van der Waals surface area contributed by atoms with Gasteiger partial charge in [0.2, 0.25) is 5.91 Å². The SMILES string of the molecule is O=C(Cn1nc(C2CC2)cc1C(F)F)N1CCN(Cc2c(Cl)cccc2Cl)CC1. The molecule has 5 nitrogen and oxygen atoms in total. The van der Waals surface area contributed by atoms with Gasteiger partial charge in [0.15, 0.2) is 0 Å². The summed E-state index contributed by atoms with van der Waals surface area (Å²) in [6.07, 6.45) is -0.684. The van der Waals surface area contributed by atoms with Crippen molar-refractivity contribution in [3.63, 3.8) is 0 Å². The number of benzene rings is 1. The topological polar surface area (TPSA) is 41.4 Å². The maximum atomic E-state index is 13.3. The summed E-state index contributed by atoms with van der Waals surface area (Å²) in [7, 11) is 0. The van der Waals surface area contributed by atoms with E-state index in [-0.39, 0.29) is 24.1 Å². The fourth-order valence-electron chi connectivity index (χ4n) is 3.62. The Hall–Kier alpha value is -1.70. The van der Waals surface area contributed by atoms with Crippen LogP contribution < -0.4 is 0 Å². The zero-order valence-corrected chi connectivity index (χ0v) is 17.3. The Bertz CT molecular complexity index is 872. The standard InChI is InChI=1S/C20H22Cl2F2N4O/c21-15-2-1-3-16(22)14(15)11-26-6-8-27(9-7-26)19(29)12-28-18(20(23)24)10-17(25-28)13-4-5-13/h1-3,10,13,20H,4-9,11-12H2. The first-order chi connectivity index (χ1) is 13.9. The second kappa shape index (κ2) is 8.58.